The minimum absolute atomic E-state index is 0.0508. The van der Waals surface area contributed by atoms with Crippen LogP contribution in [0.5, 0.6) is 0 Å². The Hall–Kier alpha value is -3.54. The summed E-state index contributed by atoms with van der Waals surface area (Å²) in [4.78, 5) is 31.1. The predicted molar refractivity (Wildman–Crippen MR) is 111 cm³/mol. The third-order valence-corrected chi connectivity index (χ3v) is 5.05. The van der Waals surface area contributed by atoms with E-state index in [0.29, 0.717) is 38.5 Å². The van der Waals surface area contributed by atoms with Crippen LogP contribution in [0.25, 0.3) is 0 Å². The number of amides is 3. The van der Waals surface area contributed by atoms with Crippen molar-refractivity contribution < 1.29 is 14.0 Å². The van der Waals surface area contributed by atoms with Crippen molar-refractivity contribution in [2.75, 3.05) is 31.1 Å². The molecule has 1 aliphatic heterocycles. The number of anilines is 1. The number of benzene rings is 2. The fourth-order valence-corrected chi connectivity index (χ4v) is 3.47. The largest absolute Gasteiger partial charge is 0.459 e. The lowest BCUT2D eigenvalue weighted by Gasteiger charge is -2.37. The normalized spacial score (nSPS) is 13.9. The first-order valence-electron chi connectivity index (χ1n) is 9.70. The van der Waals surface area contributed by atoms with Crippen LogP contribution in [-0.2, 0) is 6.54 Å². The molecule has 2 heterocycles. The molecule has 148 valence electrons. The van der Waals surface area contributed by atoms with Crippen LogP contribution in [0.4, 0.5) is 10.5 Å². The van der Waals surface area contributed by atoms with E-state index in [1.807, 2.05) is 65.6 Å². The topological polar surface area (TPSA) is 57.0 Å². The van der Waals surface area contributed by atoms with E-state index >= 15 is 0 Å². The van der Waals surface area contributed by atoms with Gasteiger partial charge in [0.25, 0.3) is 5.91 Å². The van der Waals surface area contributed by atoms with Gasteiger partial charge in [-0.25, -0.2) is 4.79 Å². The highest BCUT2D eigenvalue weighted by atomic mass is 16.3. The minimum atomic E-state index is -0.133. The molecule has 0 aliphatic carbocycles. The first-order valence-corrected chi connectivity index (χ1v) is 9.70. The van der Waals surface area contributed by atoms with Crippen LogP contribution >= 0.6 is 0 Å². The number of furan rings is 1. The number of carbonyl (C=O) groups is 2. The number of urea groups is 1. The first-order chi connectivity index (χ1) is 14.2. The standard InChI is InChI=1S/C23H23N3O3/c27-22(21-12-7-17-29-21)24-13-15-25(16-14-24)23(28)26(20-10-5-2-6-11-20)18-19-8-3-1-4-9-19/h1-12,17H,13-16,18H2. The Bertz CT molecular complexity index is 934. The third-order valence-electron chi connectivity index (χ3n) is 5.05. The maximum absolute atomic E-state index is 13.3. The highest BCUT2D eigenvalue weighted by molar-refractivity contribution is 5.93. The summed E-state index contributed by atoms with van der Waals surface area (Å²) >= 11 is 0. The lowest BCUT2D eigenvalue weighted by molar-refractivity contribution is 0.0637. The Labute approximate surface area is 169 Å². The van der Waals surface area contributed by atoms with Crippen molar-refractivity contribution in [3.05, 3.63) is 90.4 Å². The number of piperazine rings is 1. The Morgan fingerprint density at radius 3 is 2.03 bits per heavy atom. The van der Waals surface area contributed by atoms with Gasteiger partial charge in [0.2, 0.25) is 0 Å². The van der Waals surface area contributed by atoms with Crippen molar-refractivity contribution in [2.24, 2.45) is 0 Å². The Kier molecular flexibility index (Phi) is 5.61. The molecule has 4 rings (SSSR count). The second-order valence-electron chi connectivity index (χ2n) is 6.95. The van der Waals surface area contributed by atoms with Gasteiger partial charge in [-0.2, -0.15) is 0 Å². The van der Waals surface area contributed by atoms with Crippen LogP contribution in [-0.4, -0.2) is 47.9 Å². The van der Waals surface area contributed by atoms with Crippen molar-refractivity contribution in [1.29, 1.82) is 0 Å². The highest BCUT2D eigenvalue weighted by Crippen LogP contribution is 2.20. The van der Waals surface area contributed by atoms with Gasteiger partial charge in [-0.05, 0) is 29.8 Å². The fourth-order valence-electron chi connectivity index (χ4n) is 3.47. The molecule has 29 heavy (non-hydrogen) atoms. The summed E-state index contributed by atoms with van der Waals surface area (Å²) in [5, 5.41) is 0. The van der Waals surface area contributed by atoms with Crippen molar-refractivity contribution in [1.82, 2.24) is 9.80 Å². The lowest BCUT2D eigenvalue weighted by atomic mass is 10.2. The van der Waals surface area contributed by atoms with E-state index in [9.17, 15) is 9.59 Å². The summed E-state index contributed by atoms with van der Waals surface area (Å²) in [5.74, 6) is 0.200. The molecule has 0 spiro atoms. The van der Waals surface area contributed by atoms with E-state index in [0.717, 1.165) is 11.3 Å². The molecule has 0 N–H and O–H groups in total. The van der Waals surface area contributed by atoms with Gasteiger partial charge in [0, 0.05) is 31.9 Å². The van der Waals surface area contributed by atoms with E-state index in [-0.39, 0.29) is 11.9 Å². The van der Waals surface area contributed by atoms with Gasteiger partial charge in [0.15, 0.2) is 5.76 Å². The molecule has 2 aromatic carbocycles. The zero-order chi connectivity index (χ0) is 20.1. The zero-order valence-corrected chi connectivity index (χ0v) is 16.1. The van der Waals surface area contributed by atoms with Crippen LogP contribution in [0.1, 0.15) is 16.1 Å². The number of para-hydroxylation sites is 1. The SMILES string of the molecule is O=C(c1ccco1)N1CCN(C(=O)N(Cc2ccccc2)c2ccccc2)CC1. The average Bonchev–Trinajstić information content (AvgIpc) is 3.33. The minimum Gasteiger partial charge on any atom is -0.459 e. The number of hydrogen-bond donors (Lipinski definition) is 0. The van der Waals surface area contributed by atoms with Gasteiger partial charge in [-0.3, -0.25) is 9.69 Å². The Morgan fingerprint density at radius 2 is 1.41 bits per heavy atom. The van der Waals surface area contributed by atoms with E-state index in [1.165, 1.54) is 6.26 Å². The van der Waals surface area contributed by atoms with Crippen LogP contribution < -0.4 is 4.90 Å². The molecule has 6 nitrogen and oxygen atoms in total. The smallest absolute Gasteiger partial charge is 0.324 e. The van der Waals surface area contributed by atoms with Crippen LogP contribution in [0.2, 0.25) is 0 Å². The van der Waals surface area contributed by atoms with Crippen molar-refractivity contribution in [3.8, 4) is 0 Å². The molecule has 3 amide bonds. The summed E-state index contributed by atoms with van der Waals surface area (Å²) in [6.45, 7) is 2.44. The summed E-state index contributed by atoms with van der Waals surface area (Å²) in [7, 11) is 0. The van der Waals surface area contributed by atoms with E-state index in [2.05, 4.69) is 0 Å². The van der Waals surface area contributed by atoms with E-state index in [4.69, 9.17) is 4.42 Å². The van der Waals surface area contributed by atoms with Gasteiger partial charge in [-0.15, -0.1) is 0 Å². The molecule has 0 saturated carbocycles. The molecule has 0 radical (unpaired) electrons. The van der Waals surface area contributed by atoms with Crippen molar-refractivity contribution >= 4 is 17.6 Å². The molecular weight excluding hydrogens is 366 g/mol. The van der Waals surface area contributed by atoms with E-state index in [1.54, 1.807) is 21.9 Å². The van der Waals surface area contributed by atoms with Gasteiger partial charge in [0.05, 0.1) is 12.8 Å². The van der Waals surface area contributed by atoms with Crippen molar-refractivity contribution in [2.45, 2.75) is 6.54 Å². The summed E-state index contributed by atoms with van der Waals surface area (Å²) in [6.07, 6.45) is 1.49. The quantitative estimate of drug-likeness (QED) is 0.681. The Morgan fingerprint density at radius 1 is 0.793 bits per heavy atom. The van der Waals surface area contributed by atoms with Crippen LogP contribution in [0.15, 0.2) is 83.5 Å². The second-order valence-corrected chi connectivity index (χ2v) is 6.95. The van der Waals surface area contributed by atoms with Crippen LogP contribution in [0, 0.1) is 0 Å². The summed E-state index contributed by atoms with van der Waals surface area (Å²) in [6, 6.07) is 22.9. The average molecular weight is 389 g/mol. The monoisotopic (exact) mass is 389 g/mol. The molecule has 1 aromatic heterocycles. The van der Waals surface area contributed by atoms with E-state index < -0.39 is 0 Å². The Balaban J connectivity index is 1.46. The fraction of sp³-hybridized carbons (Fsp3) is 0.217. The second kappa shape index (κ2) is 8.65. The summed E-state index contributed by atoms with van der Waals surface area (Å²) in [5.41, 5.74) is 1.92. The van der Waals surface area contributed by atoms with Gasteiger partial charge in [0.1, 0.15) is 0 Å². The molecular formula is C23H23N3O3. The first kappa shape index (κ1) is 18.8. The molecule has 0 atom stereocenters. The number of nitrogens with zero attached hydrogens (tertiary/aromatic N) is 3. The van der Waals surface area contributed by atoms with Gasteiger partial charge >= 0.3 is 6.03 Å². The van der Waals surface area contributed by atoms with Crippen molar-refractivity contribution in [3.63, 3.8) is 0 Å². The molecule has 6 heteroatoms. The van der Waals surface area contributed by atoms with Gasteiger partial charge < -0.3 is 14.2 Å². The lowest BCUT2D eigenvalue weighted by Crippen LogP contribution is -2.54. The van der Waals surface area contributed by atoms with Gasteiger partial charge in [-0.1, -0.05) is 48.5 Å². The molecule has 1 saturated heterocycles. The highest BCUT2D eigenvalue weighted by Gasteiger charge is 2.29. The number of rotatable bonds is 4. The third kappa shape index (κ3) is 4.32. The molecule has 1 aliphatic rings. The maximum atomic E-state index is 13.3. The molecule has 0 unspecified atom stereocenters. The molecule has 3 aromatic rings. The maximum Gasteiger partial charge on any atom is 0.324 e. The summed E-state index contributed by atoms with van der Waals surface area (Å²) < 4.78 is 5.21. The molecule has 1 fully saturated rings. The predicted octanol–water partition coefficient (Wildman–Crippen LogP) is 3.86. The van der Waals surface area contributed by atoms with Crippen LogP contribution in [0.3, 0.4) is 0 Å². The molecule has 0 bridgehead atoms. The number of hydrogen-bond acceptors (Lipinski definition) is 3. The number of carbonyl (C=O) groups excluding carboxylic acids is 2. The zero-order valence-electron chi connectivity index (χ0n) is 16.1.